The standard InChI is InChI=1S/C17H23NO3/c1-3-17(16(20)21-4-2)11-13-18(15(17)19)12-10-14-8-6-5-7-9-14/h5-9H,3-4,10-13H2,1-2H3. The fraction of sp³-hybridized carbons (Fsp3) is 0.529. The Bertz CT molecular complexity index is 500. The minimum Gasteiger partial charge on any atom is -0.465 e. The fourth-order valence-electron chi connectivity index (χ4n) is 2.89. The van der Waals surface area contributed by atoms with E-state index < -0.39 is 5.41 Å². The summed E-state index contributed by atoms with van der Waals surface area (Å²) >= 11 is 0. The van der Waals surface area contributed by atoms with Gasteiger partial charge in [-0.3, -0.25) is 9.59 Å². The molecule has 1 unspecified atom stereocenters. The van der Waals surface area contributed by atoms with E-state index in [4.69, 9.17) is 4.74 Å². The minimum atomic E-state index is -0.952. The van der Waals surface area contributed by atoms with E-state index in [1.807, 2.05) is 25.1 Å². The number of carbonyl (C=O) groups excluding carboxylic acids is 2. The molecule has 0 radical (unpaired) electrons. The number of likely N-dealkylation sites (tertiary alicyclic amines) is 1. The third kappa shape index (κ3) is 3.09. The summed E-state index contributed by atoms with van der Waals surface area (Å²) in [5.74, 6) is -0.431. The van der Waals surface area contributed by atoms with Crippen LogP contribution in [0.5, 0.6) is 0 Å². The zero-order valence-electron chi connectivity index (χ0n) is 12.8. The quantitative estimate of drug-likeness (QED) is 0.597. The second-order valence-electron chi connectivity index (χ2n) is 5.43. The number of rotatable bonds is 6. The molecule has 1 aromatic carbocycles. The Morgan fingerprint density at radius 2 is 2.00 bits per heavy atom. The first-order valence-corrected chi connectivity index (χ1v) is 7.64. The van der Waals surface area contributed by atoms with Gasteiger partial charge in [-0.25, -0.2) is 0 Å². The molecule has 1 heterocycles. The molecule has 1 saturated heterocycles. The van der Waals surface area contributed by atoms with Crippen LogP contribution in [0.25, 0.3) is 0 Å². The first-order chi connectivity index (χ1) is 10.1. The van der Waals surface area contributed by atoms with Crippen LogP contribution >= 0.6 is 0 Å². The zero-order valence-corrected chi connectivity index (χ0v) is 12.8. The Labute approximate surface area is 126 Å². The van der Waals surface area contributed by atoms with E-state index in [1.165, 1.54) is 5.56 Å². The van der Waals surface area contributed by atoms with Crippen molar-refractivity contribution in [3.63, 3.8) is 0 Å². The Morgan fingerprint density at radius 3 is 2.62 bits per heavy atom. The van der Waals surface area contributed by atoms with Crippen molar-refractivity contribution in [2.45, 2.75) is 33.1 Å². The summed E-state index contributed by atoms with van der Waals surface area (Å²) in [5.41, 5.74) is 0.252. The number of amides is 1. The summed E-state index contributed by atoms with van der Waals surface area (Å²) < 4.78 is 5.12. The molecule has 4 nitrogen and oxygen atoms in total. The largest absolute Gasteiger partial charge is 0.465 e. The maximum atomic E-state index is 12.6. The average Bonchev–Trinajstić information content (AvgIpc) is 2.84. The number of esters is 1. The van der Waals surface area contributed by atoms with Crippen LogP contribution in [0, 0.1) is 5.41 Å². The number of ether oxygens (including phenoxy) is 1. The maximum Gasteiger partial charge on any atom is 0.321 e. The van der Waals surface area contributed by atoms with Gasteiger partial charge in [0.15, 0.2) is 0 Å². The fourth-order valence-corrected chi connectivity index (χ4v) is 2.89. The molecule has 1 fully saturated rings. The summed E-state index contributed by atoms with van der Waals surface area (Å²) in [7, 11) is 0. The smallest absolute Gasteiger partial charge is 0.321 e. The van der Waals surface area contributed by atoms with Crippen LogP contribution in [-0.2, 0) is 20.7 Å². The van der Waals surface area contributed by atoms with Crippen LogP contribution in [0.1, 0.15) is 32.3 Å². The van der Waals surface area contributed by atoms with Crippen molar-refractivity contribution in [3.8, 4) is 0 Å². The van der Waals surface area contributed by atoms with Crippen molar-refractivity contribution in [1.82, 2.24) is 4.90 Å². The van der Waals surface area contributed by atoms with E-state index in [2.05, 4.69) is 12.1 Å². The van der Waals surface area contributed by atoms with Gasteiger partial charge < -0.3 is 9.64 Å². The highest BCUT2D eigenvalue weighted by atomic mass is 16.5. The molecule has 1 aliphatic rings. The maximum absolute atomic E-state index is 12.6. The molecule has 0 N–H and O–H groups in total. The van der Waals surface area contributed by atoms with Gasteiger partial charge in [-0.05, 0) is 31.7 Å². The van der Waals surface area contributed by atoms with Crippen LogP contribution in [0.3, 0.4) is 0 Å². The summed E-state index contributed by atoms with van der Waals surface area (Å²) in [4.78, 5) is 26.6. The minimum absolute atomic E-state index is 0.0700. The summed E-state index contributed by atoms with van der Waals surface area (Å²) in [6.07, 6.45) is 1.89. The lowest BCUT2D eigenvalue weighted by molar-refractivity contribution is -0.161. The zero-order chi connectivity index (χ0) is 15.3. The normalized spacial score (nSPS) is 21.6. The SMILES string of the molecule is CCOC(=O)C1(CC)CCN(CCc2ccccc2)C1=O. The third-order valence-electron chi connectivity index (χ3n) is 4.29. The molecule has 1 amide bonds. The van der Waals surface area contributed by atoms with Gasteiger partial charge in [-0.2, -0.15) is 0 Å². The van der Waals surface area contributed by atoms with Crippen LogP contribution in [0.2, 0.25) is 0 Å². The van der Waals surface area contributed by atoms with Crippen LogP contribution < -0.4 is 0 Å². The topological polar surface area (TPSA) is 46.6 Å². The van der Waals surface area contributed by atoms with Gasteiger partial charge >= 0.3 is 5.97 Å². The van der Waals surface area contributed by atoms with Gasteiger partial charge in [0.25, 0.3) is 0 Å². The molecule has 0 aromatic heterocycles. The number of benzene rings is 1. The second kappa shape index (κ2) is 6.74. The van der Waals surface area contributed by atoms with Crippen molar-refractivity contribution in [2.75, 3.05) is 19.7 Å². The number of carbonyl (C=O) groups is 2. The number of hydrogen-bond acceptors (Lipinski definition) is 3. The molecule has 0 bridgehead atoms. The molecule has 1 atom stereocenters. The lowest BCUT2D eigenvalue weighted by Crippen LogP contribution is -2.41. The van der Waals surface area contributed by atoms with E-state index in [0.717, 1.165) is 6.42 Å². The molecule has 1 aromatic rings. The number of nitrogens with zero attached hydrogens (tertiary/aromatic N) is 1. The first-order valence-electron chi connectivity index (χ1n) is 7.64. The van der Waals surface area contributed by atoms with Crippen molar-refractivity contribution >= 4 is 11.9 Å². The molecule has 0 aliphatic carbocycles. The van der Waals surface area contributed by atoms with Crippen molar-refractivity contribution in [3.05, 3.63) is 35.9 Å². The predicted octanol–water partition coefficient (Wildman–Crippen LogP) is 2.42. The molecule has 2 rings (SSSR count). The highest BCUT2D eigenvalue weighted by molar-refractivity contribution is 6.04. The van der Waals surface area contributed by atoms with Gasteiger partial charge in [0.1, 0.15) is 5.41 Å². The van der Waals surface area contributed by atoms with Gasteiger partial charge in [-0.15, -0.1) is 0 Å². The van der Waals surface area contributed by atoms with Crippen molar-refractivity contribution in [1.29, 1.82) is 0 Å². The highest BCUT2D eigenvalue weighted by Gasteiger charge is 2.52. The molecule has 0 saturated carbocycles. The molecule has 1 aliphatic heterocycles. The number of hydrogen-bond donors (Lipinski definition) is 0. The monoisotopic (exact) mass is 289 g/mol. The van der Waals surface area contributed by atoms with Gasteiger partial charge in [-0.1, -0.05) is 37.3 Å². The van der Waals surface area contributed by atoms with E-state index in [-0.39, 0.29) is 11.9 Å². The van der Waals surface area contributed by atoms with E-state index in [9.17, 15) is 9.59 Å². The molecular formula is C17H23NO3. The van der Waals surface area contributed by atoms with Gasteiger partial charge in [0.05, 0.1) is 6.61 Å². The van der Waals surface area contributed by atoms with E-state index in [1.54, 1.807) is 11.8 Å². The first kappa shape index (κ1) is 15.5. The average molecular weight is 289 g/mol. The Balaban J connectivity index is 2.01. The summed E-state index contributed by atoms with van der Waals surface area (Å²) in [5, 5.41) is 0. The summed E-state index contributed by atoms with van der Waals surface area (Å²) in [6, 6.07) is 10.1. The van der Waals surface area contributed by atoms with E-state index in [0.29, 0.717) is 32.5 Å². The summed E-state index contributed by atoms with van der Waals surface area (Å²) in [6.45, 7) is 5.27. The van der Waals surface area contributed by atoms with Crippen LogP contribution in [0.15, 0.2) is 30.3 Å². The molecule has 0 spiro atoms. The van der Waals surface area contributed by atoms with Gasteiger partial charge in [0, 0.05) is 13.1 Å². The highest BCUT2D eigenvalue weighted by Crippen LogP contribution is 2.36. The molecule has 21 heavy (non-hydrogen) atoms. The lowest BCUT2D eigenvalue weighted by atomic mass is 9.83. The molecule has 4 heteroatoms. The lowest BCUT2D eigenvalue weighted by Gasteiger charge is -2.24. The Kier molecular flexibility index (Phi) is 4.99. The second-order valence-corrected chi connectivity index (χ2v) is 5.43. The third-order valence-corrected chi connectivity index (χ3v) is 4.29. The van der Waals surface area contributed by atoms with Gasteiger partial charge in [0.2, 0.25) is 5.91 Å². The van der Waals surface area contributed by atoms with Crippen LogP contribution in [0.4, 0.5) is 0 Å². The Hall–Kier alpha value is -1.84. The predicted molar refractivity (Wildman–Crippen MR) is 80.7 cm³/mol. The van der Waals surface area contributed by atoms with Crippen molar-refractivity contribution < 1.29 is 14.3 Å². The van der Waals surface area contributed by atoms with E-state index >= 15 is 0 Å². The molecule has 114 valence electrons. The molecular weight excluding hydrogens is 266 g/mol. The van der Waals surface area contributed by atoms with Crippen LogP contribution in [-0.4, -0.2) is 36.5 Å². The Morgan fingerprint density at radius 1 is 1.29 bits per heavy atom. The van der Waals surface area contributed by atoms with Crippen molar-refractivity contribution in [2.24, 2.45) is 5.41 Å².